The summed E-state index contributed by atoms with van der Waals surface area (Å²) in [4.78, 5) is 27.9. The van der Waals surface area contributed by atoms with E-state index in [0.717, 1.165) is 21.9 Å². The van der Waals surface area contributed by atoms with Gasteiger partial charge in [-0.1, -0.05) is 86.6 Å². The summed E-state index contributed by atoms with van der Waals surface area (Å²) in [6, 6.07) is 24.1. The molecule has 158 valence electrons. The number of H-pyrrole nitrogens is 1. The Balaban J connectivity index is 1.75. The number of fused-ring (bicyclic) bond motifs is 1. The van der Waals surface area contributed by atoms with Crippen LogP contribution in [0.3, 0.4) is 0 Å². The molecule has 31 heavy (non-hydrogen) atoms. The highest BCUT2D eigenvalue weighted by Gasteiger charge is 2.19. The van der Waals surface area contributed by atoms with Crippen LogP contribution in [-0.2, 0) is 24.5 Å². The highest BCUT2D eigenvalue weighted by atomic mass is 16.5. The number of aromatic nitrogens is 2. The molecule has 4 rings (SSSR count). The summed E-state index contributed by atoms with van der Waals surface area (Å²) in [7, 11) is 0. The van der Waals surface area contributed by atoms with Gasteiger partial charge in [0.15, 0.2) is 0 Å². The monoisotopic (exact) mass is 414 g/mol. The summed E-state index contributed by atoms with van der Waals surface area (Å²) in [6.07, 6.45) is 0.475. The summed E-state index contributed by atoms with van der Waals surface area (Å²) >= 11 is 0. The summed E-state index contributed by atoms with van der Waals surface area (Å²) < 4.78 is 7.42. The minimum atomic E-state index is -0.447. The Morgan fingerprint density at radius 3 is 2.39 bits per heavy atom. The molecule has 0 spiro atoms. The van der Waals surface area contributed by atoms with Crippen LogP contribution in [0.4, 0.5) is 0 Å². The Kier molecular flexibility index (Phi) is 6.14. The van der Waals surface area contributed by atoms with Gasteiger partial charge in [0.1, 0.15) is 6.73 Å². The molecular formula is C26H26N2O3. The fourth-order valence-corrected chi connectivity index (χ4v) is 4.01. The van der Waals surface area contributed by atoms with E-state index in [-0.39, 0.29) is 18.2 Å². The number of nitrogens with one attached hydrogen (secondary N) is 1. The second kappa shape index (κ2) is 9.14. The number of hydrogen-bond acceptors (Lipinski definition) is 3. The van der Waals surface area contributed by atoms with Crippen molar-refractivity contribution in [1.29, 1.82) is 0 Å². The summed E-state index contributed by atoms with van der Waals surface area (Å²) in [5.41, 5.74) is 2.65. The first-order valence-electron chi connectivity index (χ1n) is 10.5. The van der Waals surface area contributed by atoms with Crippen molar-refractivity contribution in [1.82, 2.24) is 9.55 Å². The van der Waals surface area contributed by atoms with Crippen LogP contribution in [0.5, 0.6) is 0 Å². The number of rotatable bonds is 7. The van der Waals surface area contributed by atoms with Gasteiger partial charge in [-0.2, -0.15) is 0 Å². The molecule has 3 aromatic carbocycles. The molecule has 1 aromatic heterocycles. The molecule has 0 aliphatic carbocycles. The Labute approximate surface area is 181 Å². The van der Waals surface area contributed by atoms with Crippen molar-refractivity contribution in [2.24, 2.45) is 0 Å². The molecule has 5 heteroatoms. The molecule has 1 heterocycles. The van der Waals surface area contributed by atoms with Gasteiger partial charge in [-0.3, -0.25) is 14.3 Å². The van der Waals surface area contributed by atoms with E-state index in [9.17, 15) is 9.59 Å². The molecule has 0 aliphatic heterocycles. The molecule has 4 aromatic rings. The lowest BCUT2D eigenvalue weighted by Gasteiger charge is -2.19. The molecule has 0 aliphatic rings. The maximum Gasteiger partial charge on any atom is 0.330 e. The minimum absolute atomic E-state index is 0.0327. The summed E-state index contributed by atoms with van der Waals surface area (Å²) in [5.74, 6) is -0.0327. The third-order valence-corrected chi connectivity index (χ3v) is 5.49. The first kappa shape index (κ1) is 20.8. The standard InChI is InChI=1S/C26H26N2O3/c1-18(2)24-23(15-21-13-8-12-20-11-6-7-14-22(20)21)28(26(30)27-25(24)29)17-31-16-19-9-4-3-5-10-19/h3-14,18H,15-17H2,1-2H3,(H,27,29,30). The van der Waals surface area contributed by atoms with E-state index in [0.29, 0.717) is 24.3 Å². The van der Waals surface area contributed by atoms with Gasteiger partial charge in [-0.05, 0) is 27.8 Å². The zero-order valence-electron chi connectivity index (χ0n) is 17.8. The van der Waals surface area contributed by atoms with E-state index < -0.39 is 5.69 Å². The molecule has 0 atom stereocenters. The quantitative estimate of drug-likeness (QED) is 0.481. The molecule has 5 nitrogen and oxygen atoms in total. The van der Waals surface area contributed by atoms with Gasteiger partial charge in [0.05, 0.1) is 6.61 Å². The van der Waals surface area contributed by atoms with Gasteiger partial charge in [0, 0.05) is 17.7 Å². The average molecular weight is 415 g/mol. The van der Waals surface area contributed by atoms with Crippen molar-refractivity contribution in [3.63, 3.8) is 0 Å². The number of aromatic amines is 1. The van der Waals surface area contributed by atoms with Crippen LogP contribution in [0.15, 0.2) is 82.4 Å². The van der Waals surface area contributed by atoms with Crippen LogP contribution in [0.2, 0.25) is 0 Å². The second-order valence-corrected chi connectivity index (χ2v) is 7.98. The van der Waals surface area contributed by atoms with E-state index in [1.165, 1.54) is 0 Å². The van der Waals surface area contributed by atoms with Crippen molar-refractivity contribution < 1.29 is 4.74 Å². The Morgan fingerprint density at radius 1 is 0.903 bits per heavy atom. The van der Waals surface area contributed by atoms with Crippen LogP contribution in [0.25, 0.3) is 10.8 Å². The van der Waals surface area contributed by atoms with Crippen LogP contribution >= 0.6 is 0 Å². The van der Waals surface area contributed by atoms with Gasteiger partial charge < -0.3 is 4.74 Å². The van der Waals surface area contributed by atoms with Gasteiger partial charge in [0.2, 0.25) is 0 Å². The second-order valence-electron chi connectivity index (χ2n) is 7.98. The maximum absolute atomic E-state index is 12.8. The minimum Gasteiger partial charge on any atom is -0.356 e. The zero-order chi connectivity index (χ0) is 21.8. The Bertz CT molecular complexity index is 1300. The predicted octanol–water partition coefficient (Wildman–Crippen LogP) is 4.58. The van der Waals surface area contributed by atoms with E-state index in [4.69, 9.17) is 4.74 Å². The van der Waals surface area contributed by atoms with Crippen molar-refractivity contribution in [2.45, 2.75) is 39.5 Å². The van der Waals surface area contributed by atoms with Crippen LogP contribution < -0.4 is 11.2 Å². The fourth-order valence-electron chi connectivity index (χ4n) is 4.01. The first-order valence-corrected chi connectivity index (χ1v) is 10.5. The van der Waals surface area contributed by atoms with Crippen molar-refractivity contribution >= 4 is 10.8 Å². The average Bonchev–Trinajstić information content (AvgIpc) is 2.76. The van der Waals surface area contributed by atoms with E-state index in [2.05, 4.69) is 23.2 Å². The normalized spacial score (nSPS) is 11.3. The molecule has 0 bridgehead atoms. The molecule has 0 amide bonds. The summed E-state index contributed by atoms with van der Waals surface area (Å²) in [5, 5.41) is 2.24. The highest BCUT2D eigenvalue weighted by molar-refractivity contribution is 5.85. The summed E-state index contributed by atoms with van der Waals surface area (Å²) in [6.45, 7) is 4.40. The highest BCUT2D eigenvalue weighted by Crippen LogP contribution is 2.24. The molecule has 0 radical (unpaired) electrons. The molecule has 1 N–H and O–H groups in total. The number of ether oxygens (including phenoxy) is 1. The fraction of sp³-hybridized carbons (Fsp3) is 0.231. The SMILES string of the molecule is CC(C)c1c(Cc2cccc3ccccc23)n(COCc2ccccc2)c(=O)[nH]c1=O. The van der Waals surface area contributed by atoms with Crippen molar-refractivity contribution in [2.75, 3.05) is 0 Å². The smallest absolute Gasteiger partial charge is 0.330 e. The Hall–Kier alpha value is -3.44. The Morgan fingerprint density at radius 2 is 1.61 bits per heavy atom. The third kappa shape index (κ3) is 4.52. The molecular weight excluding hydrogens is 388 g/mol. The molecule has 0 saturated carbocycles. The van der Waals surface area contributed by atoms with Gasteiger partial charge in [0.25, 0.3) is 5.56 Å². The molecule has 0 fully saturated rings. The maximum atomic E-state index is 12.8. The predicted molar refractivity (Wildman–Crippen MR) is 123 cm³/mol. The van der Waals surface area contributed by atoms with E-state index in [1.807, 2.05) is 68.4 Å². The van der Waals surface area contributed by atoms with E-state index in [1.54, 1.807) is 4.57 Å². The molecule has 0 unspecified atom stereocenters. The lowest BCUT2D eigenvalue weighted by Crippen LogP contribution is -2.36. The lowest BCUT2D eigenvalue weighted by atomic mass is 9.95. The largest absolute Gasteiger partial charge is 0.356 e. The van der Waals surface area contributed by atoms with Crippen LogP contribution in [0, 0.1) is 0 Å². The third-order valence-electron chi connectivity index (χ3n) is 5.49. The van der Waals surface area contributed by atoms with Crippen molar-refractivity contribution in [3.8, 4) is 0 Å². The number of benzene rings is 3. The number of hydrogen-bond donors (Lipinski definition) is 1. The zero-order valence-corrected chi connectivity index (χ0v) is 17.8. The number of nitrogens with zero attached hydrogens (tertiary/aromatic N) is 1. The van der Waals surface area contributed by atoms with Gasteiger partial charge in [-0.15, -0.1) is 0 Å². The van der Waals surface area contributed by atoms with Gasteiger partial charge in [-0.25, -0.2) is 4.79 Å². The first-order chi connectivity index (χ1) is 15.0. The lowest BCUT2D eigenvalue weighted by molar-refractivity contribution is 0.0588. The van der Waals surface area contributed by atoms with Crippen LogP contribution in [0.1, 0.15) is 42.1 Å². The topological polar surface area (TPSA) is 64.1 Å². The van der Waals surface area contributed by atoms with Crippen LogP contribution in [-0.4, -0.2) is 9.55 Å². The van der Waals surface area contributed by atoms with Gasteiger partial charge >= 0.3 is 5.69 Å². The van der Waals surface area contributed by atoms with Crippen molar-refractivity contribution in [3.05, 3.63) is 116 Å². The molecule has 0 saturated heterocycles. The van der Waals surface area contributed by atoms with E-state index >= 15 is 0 Å².